The van der Waals surface area contributed by atoms with Gasteiger partial charge in [0.05, 0.1) is 12.8 Å². The summed E-state index contributed by atoms with van der Waals surface area (Å²) in [6, 6.07) is 15.1. The summed E-state index contributed by atoms with van der Waals surface area (Å²) < 4.78 is 5.16. The first kappa shape index (κ1) is 17.0. The molecule has 1 amide bonds. The van der Waals surface area contributed by atoms with E-state index in [1.54, 1.807) is 13.2 Å². The van der Waals surface area contributed by atoms with Gasteiger partial charge in [0.2, 0.25) is 0 Å². The second-order valence-corrected chi connectivity index (χ2v) is 6.52. The van der Waals surface area contributed by atoms with Gasteiger partial charge in [-0.15, -0.1) is 11.3 Å². The average molecular weight is 353 g/mol. The van der Waals surface area contributed by atoms with Crippen molar-refractivity contribution < 1.29 is 9.53 Å². The minimum atomic E-state index is -0.167. The number of benzene rings is 2. The van der Waals surface area contributed by atoms with E-state index in [2.05, 4.69) is 10.3 Å². The van der Waals surface area contributed by atoms with Crippen LogP contribution in [0.1, 0.15) is 10.4 Å². The van der Waals surface area contributed by atoms with Gasteiger partial charge in [0.1, 0.15) is 5.75 Å². The first-order valence-corrected chi connectivity index (χ1v) is 8.63. The SMILES string of the molecule is COc1ccc(-c2csc(NC(=O)c3cccc(N(C)C)c3)n2)cc1. The molecule has 1 N–H and O–H groups in total. The molecule has 3 rings (SSSR count). The fourth-order valence-electron chi connectivity index (χ4n) is 2.32. The third-order valence-electron chi connectivity index (χ3n) is 3.74. The van der Waals surface area contributed by atoms with Crippen LogP contribution in [0.2, 0.25) is 0 Å². The summed E-state index contributed by atoms with van der Waals surface area (Å²) in [5, 5.41) is 5.36. The number of nitrogens with one attached hydrogen (secondary N) is 1. The number of hydrogen-bond donors (Lipinski definition) is 1. The second-order valence-electron chi connectivity index (χ2n) is 5.67. The number of thiazole rings is 1. The third kappa shape index (κ3) is 3.97. The molecule has 0 aliphatic rings. The molecule has 0 saturated carbocycles. The minimum absolute atomic E-state index is 0.167. The Bertz CT molecular complexity index is 872. The van der Waals surface area contributed by atoms with E-state index in [4.69, 9.17) is 4.74 Å². The highest BCUT2D eigenvalue weighted by Gasteiger charge is 2.11. The van der Waals surface area contributed by atoms with Crippen LogP contribution in [0.5, 0.6) is 5.75 Å². The number of carbonyl (C=O) groups is 1. The van der Waals surface area contributed by atoms with E-state index in [1.807, 2.05) is 66.8 Å². The van der Waals surface area contributed by atoms with Gasteiger partial charge in [-0.25, -0.2) is 4.98 Å². The molecule has 0 radical (unpaired) electrons. The maximum atomic E-state index is 12.4. The lowest BCUT2D eigenvalue weighted by Gasteiger charge is -2.13. The Morgan fingerprint density at radius 1 is 1.16 bits per heavy atom. The van der Waals surface area contributed by atoms with Gasteiger partial charge in [-0.05, 0) is 42.5 Å². The van der Waals surface area contributed by atoms with Crippen molar-refractivity contribution in [1.29, 1.82) is 0 Å². The summed E-state index contributed by atoms with van der Waals surface area (Å²) in [4.78, 5) is 18.9. The lowest BCUT2D eigenvalue weighted by Crippen LogP contribution is -2.14. The van der Waals surface area contributed by atoms with E-state index in [1.165, 1.54) is 11.3 Å². The largest absolute Gasteiger partial charge is 0.497 e. The van der Waals surface area contributed by atoms with Crippen molar-refractivity contribution in [2.24, 2.45) is 0 Å². The fraction of sp³-hybridized carbons (Fsp3) is 0.158. The third-order valence-corrected chi connectivity index (χ3v) is 4.49. The molecule has 1 heterocycles. The Kier molecular flexibility index (Phi) is 5.00. The lowest BCUT2D eigenvalue weighted by molar-refractivity contribution is 0.102. The van der Waals surface area contributed by atoms with E-state index in [-0.39, 0.29) is 5.91 Å². The number of aromatic nitrogens is 1. The van der Waals surface area contributed by atoms with Gasteiger partial charge in [0, 0.05) is 36.3 Å². The van der Waals surface area contributed by atoms with Crippen molar-refractivity contribution in [2.45, 2.75) is 0 Å². The summed E-state index contributed by atoms with van der Waals surface area (Å²) in [5.41, 5.74) is 3.38. The zero-order chi connectivity index (χ0) is 17.8. The van der Waals surface area contributed by atoms with E-state index in [0.29, 0.717) is 10.7 Å². The predicted octanol–water partition coefficient (Wildman–Crippen LogP) is 4.14. The smallest absolute Gasteiger partial charge is 0.257 e. The average Bonchev–Trinajstić information content (AvgIpc) is 3.10. The molecular weight excluding hydrogens is 334 g/mol. The van der Waals surface area contributed by atoms with Gasteiger partial charge in [0.15, 0.2) is 5.13 Å². The quantitative estimate of drug-likeness (QED) is 0.749. The Morgan fingerprint density at radius 2 is 1.92 bits per heavy atom. The van der Waals surface area contributed by atoms with Crippen LogP contribution in [-0.4, -0.2) is 32.1 Å². The van der Waals surface area contributed by atoms with Gasteiger partial charge >= 0.3 is 0 Å². The summed E-state index contributed by atoms with van der Waals surface area (Å²) in [7, 11) is 5.52. The van der Waals surface area contributed by atoms with Crippen LogP contribution in [-0.2, 0) is 0 Å². The molecule has 0 atom stereocenters. The molecule has 0 aliphatic heterocycles. The maximum absolute atomic E-state index is 12.4. The summed E-state index contributed by atoms with van der Waals surface area (Å²) in [6.45, 7) is 0. The number of nitrogens with zero attached hydrogens (tertiary/aromatic N) is 2. The van der Waals surface area contributed by atoms with Crippen LogP contribution in [0, 0.1) is 0 Å². The van der Waals surface area contributed by atoms with Crippen molar-refractivity contribution in [1.82, 2.24) is 4.98 Å². The molecule has 128 valence electrons. The number of anilines is 2. The van der Waals surface area contributed by atoms with Crippen LogP contribution in [0.15, 0.2) is 53.9 Å². The van der Waals surface area contributed by atoms with Crippen LogP contribution >= 0.6 is 11.3 Å². The van der Waals surface area contributed by atoms with E-state index in [9.17, 15) is 4.79 Å². The number of hydrogen-bond acceptors (Lipinski definition) is 5. The van der Waals surface area contributed by atoms with Crippen LogP contribution in [0.3, 0.4) is 0 Å². The Morgan fingerprint density at radius 3 is 2.60 bits per heavy atom. The van der Waals surface area contributed by atoms with E-state index < -0.39 is 0 Å². The molecular formula is C19H19N3O2S. The molecule has 3 aromatic rings. The Labute approximate surface area is 150 Å². The number of ether oxygens (including phenoxy) is 1. The monoisotopic (exact) mass is 353 g/mol. The van der Waals surface area contributed by atoms with Gasteiger partial charge in [-0.1, -0.05) is 6.07 Å². The fourth-order valence-corrected chi connectivity index (χ4v) is 3.03. The summed E-state index contributed by atoms with van der Waals surface area (Å²) in [6.07, 6.45) is 0. The van der Waals surface area contributed by atoms with Gasteiger partial charge < -0.3 is 9.64 Å². The van der Waals surface area contributed by atoms with Crippen molar-refractivity contribution in [3.8, 4) is 17.0 Å². The molecule has 25 heavy (non-hydrogen) atoms. The van der Waals surface area contributed by atoms with Gasteiger partial charge in [0.25, 0.3) is 5.91 Å². The molecule has 0 spiro atoms. The zero-order valence-corrected chi connectivity index (χ0v) is 15.1. The predicted molar refractivity (Wildman–Crippen MR) is 103 cm³/mol. The standard InChI is InChI=1S/C19H19N3O2S/c1-22(2)15-6-4-5-14(11-15)18(23)21-19-20-17(12-25-19)13-7-9-16(24-3)10-8-13/h4-12H,1-3H3,(H,20,21,23). The molecule has 0 aliphatic carbocycles. The highest BCUT2D eigenvalue weighted by atomic mass is 32.1. The van der Waals surface area contributed by atoms with Crippen molar-refractivity contribution in [3.05, 3.63) is 59.5 Å². The highest BCUT2D eigenvalue weighted by molar-refractivity contribution is 7.14. The van der Waals surface area contributed by atoms with Gasteiger partial charge in [-0.3, -0.25) is 10.1 Å². The highest BCUT2D eigenvalue weighted by Crippen LogP contribution is 2.27. The molecule has 0 fully saturated rings. The molecule has 1 aromatic heterocycles. The first-order valence-electron chi connectivity index (χ1n) is 7.75. The second kappa shape index (κ2) is 7.36. The molecule has 0 unspecified atom stereocenters. The Hall–Kier alpha value is -2.86. The van der Waals surface area contributed by atoms with E-state index >= 15 is 0 Å². The lowest BCUT2D eigenvalue weighted by atomic mass is 10.2. The van der Waals surface area contributed by atoms with Crippen LogP contribution in [0.25, 0.3) is 11.3 Å². The molecule has 6 heteroatoms. The molecule has 0 bridgehead atoms. The topological polar surface area (TPSA) is 54.5 Å². The Balaban J connectivity index is 1.74. The van der Waals surface area contributed by atoms with E-state index in [0.717, 1.165) is 22.7 Å². The molecule has 5 nitrogen and oxygen atoms in total. The minimum Gasteiger partial charge on any atom is -0.497 e. The number of methoxy groups -OCH3 is 1. The normalized spacial score (nSPS) is 10.4. The van der Waals surface area contributed by atoms with Crippen LogP contribution in [0.4, 0.5) is 10.8 Å². The molecule has 0 saturated heterocycles. The van der Waals surface area contributed by atoms with Gasteiger partial charge in [-0.2, -0.15) is 0 Å². The van der Waals surface area contributed by atoms with Crippen molar-refractivity contribution in [3.63, 3.8) is 0 Å². The van der Waals surface area contributed by atoms with Crippen LogP contribution < -0.4 is 15.0 Å². The zero-order valence-electron chi connectivity index (χ0n) is 14.3. The summed E-state index contributed by atoms with van der Waals surface area (Å²) in [5.74, 6) is 0.632. The summed E-state index contributed by atoms with van der Waals surface area (Å²) >= 11 is 1.40. The molecule has 2 aromatic carbocycles. The number of rotatable bonds is 5. The maximum Gasteiger partial charge on any atom is 0.257 e. The number of amides is 1. The first-order chi connectivity index (χ1) is 12.1. The number of carbonyl (C=O) groups excluding carboxylic acids is 1. The van der Waals surface area contributed by atoms with Crippen molar-refractivity contribution in [2.75, 3.05) is 31.4 Å². The van der Waals surface area contributed by atoms with Crippen molar-refractivity contribution >= 4 is 28.1 Å².